The largest absolute Gasteiger partial charge is 0.389 e. The molecule has 1 heterocycles. The second kappa shape index (κ2) is 6.59. The Hall–Kier alpha value is -0.100. The predicted molar refractivity (Wildman–Crippen MR) is 71.6 cm³/mol. The number of nitrogens with zero attached hydrogens (tertiary/aromatic N) is 1. The van der Waals surface area contributed by atoms with Crippen LogP contribution < -0.4 is 5.73 Å². The summed E-state index contributed by atoms with van der Waals surface area (Å²) in [6.07, 6.45) is 3.43. The monoisotopic (exact) mass is 304 g/mol. The van der Waals surface area contributed by atoms with E-state index in [4.69, 9.17) is 5.73 Å². The van der Waals surface area contributed by atoms with Gasteiger partial charge in [-0.3, -0.25) is 0 Å². The summed E-state index contributed by atoms with van der Waals surface area (Å²) >= 11 is 5.14. The standard InChI is InChI=1S/C11H17BrN2OS/c1-11(15,8-13)5-3-7-16-10-9(12)4-2-6-14-10/h2,4,6,15H,3,5,7-8,13H2,1H3. The maximum absolute atomic E-state index is 9.72. The molecule has 16 heavy (non-hydrogen) atoms. The molecule has 0 aromatic carbocycles. The minimum absolute atomic E-state index is 0.310. The number of pyridine rings is 1. The zero-order chi connectivity index (χ0) is 12.0. The first-order valence-corrected chi connectivity index (χ1v) is 6.99. The summed E-state index contributed by atoms with van der Waals surface area (Å²) in [7, 11) is 0. The first kappa shape index (κ1) is 14.0. The zero-order valence-electron chi connectivity index (χ0n) is 9.32. The number of hydrogen-bond donors (Lipinski definition) is 2. The molecule has 0 spiro atoms. The molecule has 1 aromatic rings. The van der Waals surface area contributed by atoms with Crippen molar-refractivity contribution in [2.24, 2.45) is 5.73 Å². The fraction of sp³-hybridized carbons (Fsp3) is 0.545. The molecule has 3 nitrogen and oxygen atoms in total. The van der Waals surface area contributed by atoms with Crippen molar-refractivity contribution in [3.63, 3.8) is 0 Å². The van der Waals surface area contributed by atoms with Gasteiger partial charge in [0.05, 0.1) is 5.60 Å². The molecule has 1 atom stereocenters. The van der Waals surface area contributed by atoms with Crippen molar-refractivity contribution < 1.29 is 5.11 Å². The minimum Gasteiger partial charge on any atom is -0.389 e. The number of thioether (sulfide) groups is 1. The first-order valence-electron chi connectivity index (χ1n) is 5.21. The molecule has 0 amide bonds. The Labute approximate surface area is 109 Å². The highest BCUT2D eigenvalue weighted by Gasteiger charge is 2.16. The van der Waals surface area contributed by atoms with Crippen LogP contribution in [-0.4, -0.2) is 28.0 Å². The van der Waals surface area contributed by atoms with Crippen LogP contribution >= 0.6 is 27.7 Å². The van der Waals surface area contributed by atoms with E-state index in [0.717, 1.165) is 28.1 Å². The highest BCUT2D eigenvalue weighted by atomic mass is 79.9. The van der Waals surface area contributed by atoms with Gasteiger partial charge in [-0.2, -0.15) is 0 Å². The molecule has 1 unspecified atom stereocenters. The summed E-state index contributed by atoms with van der Waals surface area (Å²) in [5, 5.41) is 10.7. The van der Waals surface area contributed by atoms with E-state index in [1.54, 1.807) is 24.9 Å². The summed E-state index contributed by atoms with van der Waals surface area (Å²) in [6.45, 7) is 2.08. The third-order valence-corrected chi connectivity index (χ3v) is 4.26. The van der Waals surface area contributed by atoms with Crippen molar-refractivity contribution in [2.75, 3.05) is 12.3 Å². The number of hydrogen-bond acceptors (Lipinski definition) is 4. The van der Waals surface area contributed by atoms with Crippen molar-refractivity contribution in [3.05, 3.63) is 22.8 Å². The van der Waals surface area contributed by atoms with Crippen molar-refractivity contribution >= 4 is 27.7 Å². The van der Waals surface area contributed by atoms with Crippen LogP contribution in [0.15, 0.2) is 27.8 Å². The van der Waals surface area contributed by atoms with Crippen molar-refractivity contribution in [3.8, 4) is 0 Å². The van der Waals surface area contributed by atoms with Crippen molar-refractivity contribution in [1.82, 2.24) is 4.98 Å². The number of aliphatic hydroxyl groups is 1. The van der Waals surface area contributed by atoms with Crippen LogP contribution in [-0.2, 0) is 0 Å². The molecule has 1 rings (SSSR count). The third kappa shape index (κ3) is 4.82. The van der Waals surface area contributed by atoms with E-state index in [-0.39, 0.29) is 0 Å². The quantitative estimate of drug-likeness (QED) is 0.626. The summed E-state index contributed by atoms with van der Waals surface area (Å²) in [5.74, 6) is 0.936. The lowest BCUT2D eigenvalue weighted by atomic mass is 10.0. The molecule has 0 saturated carbocycles. The molecule has 0 aliphatic heterocycles. The topological polar surface area (TPSA) is 59.1 Å². The highest BCUT2D eigenvalue weighted by molar-refractivity contribution is 9.10. The maximum atomic E-state index is 9.72. The Balaban J connectivity index is 2.29. The smallest absolute Gasteiger partial charge is 0.110 e. The van der Waals surface area contributed by atoms with Gasteiger partial charge in [0.1, 0.15) is 5.03 Å². The molecule has 0 fully saturated rings. The van der Waals surface area contributed by atoms with Gasteiger partial charge in [-0.1, -0.05) is 0 Å². The fourth-order valence-corrected chi connectivity index (χ4v) is 2.62. The van der Waals surface area contributed by atoms with Crippen LogP contribution in [0.2, 0.25) is 0 Å². The van der Waals surface area contributed by atoms with Crippen molar-refractivity contribution in [2.45, 2.75) is 30.4 Å². The van der Waals surface area contributed by atoms with Gasteiger partial charge in [0, 0.05) is 17.2 Å². The number of halogens is 1. The van der Waals surface area contributed by atoms with Crippen LogP contribution in [0.1, 0.15) is 19.8 Å². The molecule has 0 bridgehead atoms. The molecule has 5 heteroatoms. The summed E-state index contributed by atoms with van der Waals surface area (Å²) in [5.41, 5.74) is 4.71. The van der Waals surface area contributed by atoms with Gasteiger partial charge in [0.15, 0.2) is 0 Å². The van der Waals surface area contributed by atoms with Crippen LogP contribution in [0.4, 0.5) is 0 Å². The lowest BCUT2D eigenvalue weighted by Gasteiger charge is -2.20. The average molecular weight is 305 g/mol. The highest BCUT2D eigenvalue weighted by Crippen LogP contribution is 2.26. The second-order valence-corrected chi connectivity index (χ2v) is 5.88. The Morgan fingerprint density at radius 2 is 2.38 bits per heavy atom. The van der Waals surface area contributed by atoms with Gasteiger partial charge in [0.2, 0.25) is 0 Å². The lowest BCUT2D eigenvalue weighted by Crippen LogP contribution is -2.34. The molecule has 0 aliphatic rings. The fourth-order valence-electron chi connectivity index (χ4n) is 1.20. The maximum Gasteiger partial charge on any atom is 0.110 e. The number of rotatable bonds is 6. The Bertz CT molecular complexity index is 334. The van der Waals surface area contributed by atoms with Crippen LogP contribution in [0.25, 0.3) is 0 Å². The molecular weight excluding hydrogens is 288 g/mol. The minimum atomic E-state index is -0.734. The molecule has 90 valence electrons. The van der Waals surface area contributed by atoms with Crippen molar-refractivity contribution in [1.29, 1.82) is 0 Å². The van der Waals surface area contributed by atoms with Gasteiger partial charge in [-0.05, 0) is 53.6 Å². The molecule has 1 aromatic heterocycles. The normalized spacial score (nSPS) is 14.8. The Morgan fingerprint density at radius 3 is 3.00 bits per heavy atom. The number of aromatic nitrogens is 1. The second-order valence-electron chi connectivity index (χ2n) is 3.94. The van der Waals surface area contributed by atoms with E-state index in [0.29, 0.717) is 6.54 Å². The summed E-state index contributed by atoms with van der Waals surface area (Å²) in [4.78, 5) is 4.26. The van der Waals surface area contributed by atoms with E-state index in [2.05, 4.69) is 20.9 Å². The Kier molecular flexibility index (Phi) is 5.75. The van der Waals surface area contributed by atoms with Gasteiger partial charge >= 0.3 is 0 Å². The van der Waals surface area contributed by atoms with Crippen LogP contribution in [0, 0.1) is 0 Å². The van der Waals surface area contributed by atoms with E-state index < -0.39 is 5.60 Å². The van der Waals surface area contributed by atoms with Crippen LogP contribution in [0.5, 0.6) is 0 Å². The predicted octanol–water partition coefficient (Wildman–Crippen LogP) is 2.43. The summed E-state index contributed by atoms with van der Waals surface area (Å²) in [6, 6.07) is 3.87. The van der Waals surface area contributed by atoms with Crippen LogP contribution in [0.3, 0.4) is 0 Å². The zero-order valence-corrected chi connectivity index (χ0v) is 11.7. The first-order chi connectivity index (χ1) is 7.55. The van der Waals surface area contributed by atoms with E-state index in [1.807, 2.05) is 12.1 Å². The van der Waals surface area contributed by atoms with Gasteiger partial charge in [-0.15, -0.1) is 11.8 Å². The van der Waals surface area contributed by atoms with E-state index >= 15 is 0 Å². The Morgan fingerprint density at radius 1 is 1.62 bits per heavy atom. The molecule has 3 N–H and O–H groups in total. The number of nitrogens with two attached hydrogens (primary N) is 1. The van der Waals surface area contributed by atoms with E-state index in [1.165, 1.54) is 0 Å². The van der Waals surface area contributed by atoms with Gasteiger partial charge in [-0.25, -0.2) is 4.98 Å². The SMILES string of the molecule is CC(O)(CN)CCCSc1ncccc1Br. The van der Waals surface area contributed by atoms with E-state index in [9.17, 15) is 5.11 Å². The third-order valence-electron chi connectivity index (χ3n) is 2.26. The average Bonchev–Trinajstić information content (AvgIpc) is 2.27. The molecule has 0 aliphatic carbocycles. The summed E-state index contributed by atoms with van der Waals surface area (Å²) < 4.78 is 1.02. The molecular formula is C11H17BrN2OS. The van der Waals surface area contributed by atoms with Gasteiger partial charge < -0.3 is 10.8 Å². The van der Waals surface area contributed by atoms with Gasteiger partial charge in [0.25, 0.3) is 0 Å². The lowest BCUT2D eigenvalue weighted by molar-refractivity contribution is 0.0596. The molecule has 0 radical (unpaired) electrons. The molecule has 0 saturated heterocycles.